The summed E-state index contributed by atoms with van der Waals surface area (Å²) in [7, 11) is 1.61. The topological polar surface area (TPSA) is 111 Å². The molecule has 29 heavy (non-hydrogen) atoms. The number of methoxy groups -OCH3 is 1. The first-order valence-electron chi connectivity index (χ1n) is 9.68. The van der Waals surface area contributed by atoms with Crippen molar-refractivity contribution in [3.05, 3.63) is 41.6 Å². The molecule has 0 spiro atoms. The number of hydrogen-bond donors (Lipinski definition) is 3. The molecule has 0 amide bonds. The molecular formula is C21H28N6O2. The third kappa shape index (κ3) is 4.32. The molecule has 4 N–H and O–H groups in total. The van der Waals surface area contributed by atoms with Gasteiger partial charge in [0.25, 0.3) is 0 Å². The highest BCUT2D eigenvalue weighted by Crippen LogP contribution is 2.30. The van der Waals surface area contributed by atoms with Crippen LogP contribution >= 0.6 is 0 Å². The Bertz CT molecular complexity index is 1030. The van der Waals surface area contributed by atoms with Crippen LogP contribution in [0.4, 0.5) is 11.8 Å². The summed E-state index contributed by atoms with van der Waals surface area (Å²) in [6.07, 6.45) is 2.09. The zero-order chi connectivity index (χ0) is 21.0. The summed E-state index contributed by atoms with van der Waals surface area (Å²) >= 11 is 0. The Labute approximate surface area is 170 Å². The first-order chi connectivity index (χ1) is 14.0. The molecule has 0 aliphatic rings. The number of nitrogens with two attached hydrogens (primary N) is 1. The first kappa shape index (κ1) is 20.6. The molecule has 8 heteroatoms. The van der Waals surface area contributed by atoms with Gasteiger partial charge in [-0.15, -0.1) is 0 Å². The van der Waals surface area contributed by atoms with Crippen LogP contribution in [0.1, 0.15) is 43.5 Å². The maximum atomic E-state index is 9.39. The molecule has 0 radical (unpaired) electrons. The van der Waals surface area contributed by atoms with E-state index in [1.165, 1.54) is 0 Å². The van der Waals surface area contributed by atoms with E-state index in [1.807, 2.05) is 29.8 Å². The quantitative estimate of drug-likeness (QED) is 0.476. The zero-order valence-corrected chi connectivity index (χ0v) is 17.2. The summed E-state index contributed by atoms with van der Waals surface area (Å²) in [5, 5.41) is 17.5. The van der Waals surface area contributed by atoms with Crippen molar-refractivity contribution in [3.8, 4) is 5.75 Å². The number of unbranched alkanes of at least 4 members (excludes halogenated alkanes) is 1. The molecular weight excluding hydrogens is 368 g/mol. The van der Waals surface area contributed by atoms with Crippen LogP contribution < -0.4 is 15.8 Å². The highest BCUT2D eigenvalue weighted by molar-refractivity contribution is 5.94. The number of aliphatic hydroxyl groups excluding tert-OH is 1. The standard InChI is InChI=1S/C21H28N6O2/c1-5-6-9-23-20-19-18(24-21(22)25-20)17(13(2)3)26-27(19)11-15-8-7-14(12-28)10-16(15)29-4/h7-8,10,28H,2,5-6,9,11-12H2,1,3-4H3,(H3,22,23,24,25). The van der Waals surface area contributed by atoms with Crippen molar-refractivity contribution in [2.75, 3.05) is 24.7 Å². The average molecular weight is 396 g/mol. The number of nitrogen functional groups attached to an aromatic ring is 1. The van der Waals surface area contributed by atoms with Gasteiger partial charge in [-0.1, -0.05) is 32.1 Å². The second-order valence-electron chi connectivity index (χ2n) is 7.00. The van der Waals surface area contributed by atoms with Crippen LogP contribution in [-0.4, -0.2) is 38.5 Å². The number of nitrogens with one attached hydrogen (secondary N) is 1. The maximum Gasteiger partial charge on any atom is 0.222 e. The molecule has 2 heterocycles. The number of rotatable bonds is 9. The molecule has 1 aromatic carbocycles. The second-order valence-corrected chi connectivity index (χ2v) is 7.00. The van der Waals surface area contributed by atoms with Crippen molar-refractivity contribution in [1.29, 1.82) is 0 Å². The van der Waals surface area contributed by atoms with Gasteiger partial charge in [0.15, 0.2) is 5.82 Å². The predicted octanol–water partition coefficient (Wildman–Crippen LogP) is 3.20. The Morgan fingerprint density at radius 2 is 2.14 bits per heavy atom. The van der Waals surface area contributed by atoms with Crippen molar-refractivity contribution >= 4 is 28.4 Å². The lowest BCUT2D eigenvalue weighted by Crippen LogP contribution is -2.10. The van der Waals surface area contributed by atoms with E-state index < -0.39 is 0 Å². The van der Waals surface area contributed by atoms with E-state index in [9.17, 15) is 5.11 Å². The normalized spacial score (nSPS) is 11.0. The lowest BCUT2D eigenvalue weighted by molar-refractivity contribution is 0.281. The maximum absolute atomic E-state index is 9.39. The lowest BCUT2D eigenvalue weighted by Gasteiger charge is -2.12. The minimum absolute atomic E-state index is 0.0419. The Hall–Kier alpha value is -3.13. The van der Waals surface area contributed by atoms with E-state index in [1.54, 1.807) is 7.11 Å². The number of allylic oxidation sites excluding steroid dienone is 1. The van der Waals surface area contributed by atoms with Gasteiger partial charge in [0.1, 0.15) is 22.5 Å². The molecule has 0 saturated carbocycles. The molecule has 8 nitrogen and oxygen atoms in total. The van der Waals surface area contributed by atoms with Crippen molar-refractivity contribution < 1.29 is 9.84 Å². The summed E-state index contributed by atoms with van der Waals surface area (Å²) in [4.78, 5) is 8.85. The monoisotopic (exact) mass is 396 g/mol. The van der Waals surface area contributed by atoms with Crippen LogP contribution in [-0.2, 0) is 13.2 Å². The van der Waals surface area contributed by atoms with E-state index in [-0.39, 0.29) is 12.6 Å². The van der Waals surface area contributed by atoms with Gasteiger partial charge in [0, 0.05) is 12.1 Å². The van der Waals surface area contributed by atoms with Crippen LogP contribution in [0.15, 0.2) is 24.8 Å². The fourth-order valence-corrected chi connectivity index (χ4v) is 3.19. The van der Waals surface area contributed by atoms with E-state index in [0.29, 0.717) is 29.3 Å². The minimum atomic E-state index is -0.0419. The largest absolute Gasteiger partial charge is 0.496 e. The number of benzene rings is 1. The lowest BCUT2D eigenvalue weighted by atomic mass is 10.1. The Kier molecular flexibility index (Phi) is 6.33. The van der Waals surface area contributed by atoms with E-state index in [2.05, 4.69) is 28.8 Å². The van der Waals surface area contributed by atoms with Crippen LogP contribution in [0.3, 0.4) is 0 Å². The van der Waals surface area contributed by atoms with Crippen LogP contribution in [0, 0.1) is 0 Å². The summed E-state index contributed by atoms with van der Waals surface area (Å²) < 4.78 is 7.37. The fraction of sp³-hybridized carbons (Fsp3) is 0.381. The predicted molar refractivity (Wildman–Crippen MR) is 116 cm³/mol. The van der Waals surface area contributed by atoms with Gasteiger partial charge in [0.2, 0.25) is 5.95 Å². The minimum Gasteiger partial charge on any atom is -0.496 e. The molecule has 0 unspecified atom stereocenters. The second kappa shape index (κ2) is 8.91. The SMILES string of the molecule is C=C(C)c1nn(Cc2ccc(CO)cc2OC)c2c(NCCCC)nc(N)nc12. The molecule has 3 rings (SSSR count). The number of nitrogens with zero attached hydrogens (tertiary/aromatic N) is 4. The third-order valence-electron chi connectivity index (χ3n) is 4.69. The third-order valence-corrected chi connectivity index (χ3v) is 4.69. The Morgan fingerprint density at radius 1 is 1.34 bits per heavy atom. The average Bonchev–Trinajstić information content (AvgIpc) is 3.06. The van der Waals surface area contributed by atoms with Gasteiger partial charge in [-0.3, -0.25) is 4.68 Å². The van der Waals surface area contributed by atoms with Crippen molar-refractivity contribution in [3.63, 3.8) is 0 Å². The summed E-state index contributed by atoms with van der Waals surface area (Å²) in [6, 6.07) is 5.63. The molecule has 154 valence electrons. The van der Waals surface area contributed by atoms with Crippen LogP contribution in [0.25, 0.3) is 16.6 Å². The first-order valence-corrected chi connectivity index (χ1v) is 9.68. The molecule has 0 aliphatic heterocycles. The van der Waals surface area contributed by atoms with Gasteiger partial charge in [-0.2, -0.15) is 10.1 Å². The number of aromatic nitrogens is 4. The number of anilines is 2. The van der Waals surface area contributed by atoms with E-state index in [4.69, 9.17) is 15.6 Å². The Balaban J connectivity index is 2.13. The van der Waals surface area contributed by atoms with E-state index >= 15 is 0 Å². The van der Waals surface area contributed by atoms with Gasteiger partial charge in [-0.05, 0) is 30.5 Å². The summed E-state index contributed by atoms with van der Waals surface area (Å²) in [5.74, 6) is 1.55. The van der Waals surface area contributed by atoms with Crippen LogP contribution in [0.2, 0.25) is 0 Å². The van der Waals surface area contributed by atoms with Crippen molar-refractivity contribution in [2.24, 2.45) is 0 Å². The van der Waals surface area contributed by atoms with Gasteiger partial charge in [-0.25, -0.2) is 4.98 Å². The highest BCUT2D eigenvalue weighted by atomic mass is 16.5. The van der Waals surface area contributed by atoms with Crippen LogP contribution in [0.5, 0.6) is 5.75 Å². The highest BCUT2D eigenvalue weighted by Gasteiger charge is 2.19. The summed E-state index contributed by atoms with van der Waals surface area (Å²) in [5.41, 5.74) is 10.6. The zero-order valence-electron chi connectivity index (χ0n) is 17.2. The number of aliphatic hydroxyl groups is 1. The number of ether oxygens (including phenoxy) is 1. The molecule has 0 bridgehead atoms. The molecule has 3 aromatic rings. The molecule has 0 fully saturated rings. The molecule has 0 atom stereocenters. The van der Waals surface area contributed by atoms with Crippen molar-refractivity contribution in [2.45, 2.75) is 39.8 Å². The molecule has 0 aliphatic carbocycles. The van der Waals surface area contributed by atoms with E-state index in [0.717, 1.165) is 41.6 Å². The van der Waals surface area contributed by atoms with Gasteiger partial charge < -0.3 is 20.9 Å². The number of fused-ring (bicyclic) bond motifs is 1. The number of hydrogen-bond acceptors (Lipinski definition) is 7. The Morgan fingerprint density at radius 3 is 2.79 bits per heavy atom. The molecule has 0 saturated heterocycles. The summed E-state index contributed by atoms with van der Waals surface area (Å²) in [6.45, 7) is 9.26. The fourth-order valence-electron chi connectivity index (χ4n) is 3.19. The van der Waals surface area contributed by atoms with Gasteiger partial charge in [0.05, 0.1) is 20.3 Å². The van der Waals surface area contributed by atoms with Crippen molar-refractivity contribution in [1.82, 2.24) is 19.7 Å². The van der Waals surface area contributed by atoms with Gasteiger partial charge >= 0.3 is 0 Å². The molecule has 2 aromatic heterocycles. The smallest absolute Gasteiger partial charge is 0.222 e.